The number of carbonyl (C=O) groups excluding carboxylic acids is 3. The number of nitrogens with one attached hydrogen (secondary N) is 2. The van der Waals surface area contributed by atoms with Crippen molar-refractivity contribution in [3.05, 3.63) is 59.7 Å². The maximum atomic E-state index is 12.9. The molecule has 2 aromatic rings. The average Bonchev–Trinajstić information content (AvgIpc) is 2.94. The van der Waals surface area contributed by atoms with E-state index in [4.69, 9.17) is 0 Å². The summed E-state index contributed by atoms with van der Waals surface area (Å²) in [6.45, 7) is 2.79. The van der Waals surface area contributed by atoms with Crippen LogP contribution in [0.2, 0.25) is 0 Å². The predicted molar refractivity (Wildman–Crippen MR) is 115 cm³/mol. The fourth-order valence-corrected chi connectivity index (χ4v) is 4.18. The Hall–Kier alpha value is -3.24. The van der Waals surface area contributed by atoms with Crippen molar-refractivity contribution in [2.45, 2.75) is 24.3 Å². The second kappa shape index (κ2) is 8.12. The van der Waals surface area contributed by atoms with Crippen LogP contribution in [-0.2, 0) is 25.2 Å². The van der Waals surface area contributed by atoms with E-state index in [1.165, 1.54) is 26.2 Å². The van der Waals surface area contributed by atoms with Crippen molar-refractivity contribution < 1.29 is 22.8 Å². The smallest absolute Gasteiger partial charge is 0.324 e. The minimum Gasteiger partial charge on any atom is -0.324 e. The van der Waals surface area contributed by atoms with Gasteiger partial charge in [-0.15, -0.1) is 0 Å². The molecule has 0 saturated carbocycles. The second-order valence-electron chi connectivity index (χ2n) is 7.62. The van der Waals surface area contributed by atoms with Crippen LogP contribution in [-0.4, -0.2) is 56.1 Å². The standard InChI is InChI=1S/C21H24N4O5S/c1-14-10-11-16(31(29,30)24(3)4)12-17(14)22-18(26)13-25-19(27)21(2,23-20(25)28)15-8-6-5-7-9-15/h5-12H,13H2,1-4H3,(H,22,26)(H,23,28). The number of urea groups is 1. The first-order valence-corrected chi connectivity index (χ1v) is 10.9. The van der Waals surface area contributed by atoms with Crippen molar-refractivity contribution in [2.75, 3.05) is 26.0 Å². The molecule has 0 radical (unpaired) electrons. The summed E-state index contributed by atoms with van der Waals surface area (Å²) in [7, 11) is -0.862. The van der Waals surface area contributed by atoms with Crippen LogP contribution >= 0.6 is 0 Å². The van der Waals surface area contributed by atoms with Gasteiger partial charge in [0.1, 0.15) is 12.1 Å². The van der Waals surface area contributed by atoms with Gasteiger partial charge in [-0.25, -0.2) is 17.5 Å². The van der Waals surface area contributed by atoms with Crippen molar-refractivity contribution in [3.8, 4) is 0 Å². The minimum atomic E-state index is -3.68. The number of rotatable bonds is 6. The number of benzene rings is 2. The Kier molecular flexibility index (Phi) is 5.88. The lowest BCUT2D eigenvalue weighted by Gasteiger charge is -2.22. The number of amides is 4. The molecule has 31 heavy (non-hydrogen) atoms. The van der Waals surface area contributed by atoms with Gasteiger partial charge in [0.2, 0.25) is 15.9 Å². The first-order valence-electron chi connectivity index (χ1n) is 9.49. The van der Waals surface area contributed by atoms with Crippen LogP contribution < -0.4 is 10.6 Å². The number of imide groups is 1. The molecule has 10 heteroatoms. The molecule has 0 aliphatic carbocycles. The molecule has 9 nitrogen and oxygen atoms in total. The minimum absolute atomic E-state index is 0.0186. The molecule has 1 unspecified atom stereocenters. The molecular formula is C21H24N4O5S. The fraction of sp³-hybridized carbons (Fsp3) is 0.286. The van der Waals surface area contributed by atoms with E-state index in [9.17, 15) is 22.8 Å². The molecular weight excluding hydrogens is 420 g/mol. The largest absolute Gasteiger partial charge is 0.325 e. The van der Waals surface area contributed by atoms with Gasteiger partial charge in [-0.3, -0.25) is 14.5 Å². The van der Waals surface area contributed by atoms with E-state index in [-0.39, 0.29) is 10.6 Å². The van der Waals surface area contributed by atoms with Gasteiger partial charge in [0.15, 0.2) is 0 Å². The molecule has 1 aliphatic heterocycles. The van der Waals surface area contributed by atoms with Crippen molar-refractivity contribution in [1.29, 1.82) is 0 Å². The number of nitrogens with zero attached hydrogens (tertiary/aromatic N) is 2. The fourth-order valence-electron chi connectivity index (χ4n) is 3.25. The van der Waals surface area contributed by atoms with E-state index in [1.807, 2.05) is 0 Å². The van der Waals surface area contributed by atoms with Crippen molar-refractivity contribution >= 4 is 33.6 Å². The number of carbonyl (C=O) groups is 3. The molecule has 3 rings (SSSR count). The van der Waals surface area contributed by atoms with Crippen molar-refractivity contribution in [1.82, 2.24) is 14.5 Å². The highest BCUT2D eigenvalue weighted by atomic mass is 32.2. The summed E-state index contributed by atoms with van der Waals surface area (Å²) in [5.74, 6) is -1.16. The molecule has 1 heterocycles. The van der Waals surface area contributed by atoms with E-state index in [2.05, 4.69) is 10.6 Å². The third kappa shape index (κ3) is 4.17. The summed E-state index contributed by atoms with van der Waals surface area (Å²) in [4.78, 5) is 38.8. The van der Waals surface area contributed by atoms with E-state index < -0.39 is 40.0 Å². The zero-order valence-corrected chi connectivity index (χ0v) is 18.5. The second-order valence-corrected chi connectivity index (χ2v) is 9.78. The lowest BCUT2D eigenvalue weighted by atomic mass is 9.92. The molecule has 164 valence electrons. The monoisotopic (exact) mass is 444 g/mol. The van der Waals surface area contributed by atoms with Gasteiger partial charge in [0.25, 0.3) is 5.91 Å². The summed E-state index contributed by atoms with van der Waals surface area (Å²) in [5.41, 5.74) is 0.255. The molecule has 0 bridgehead atoms. The number of hydrogen-bond acceptors (Lipinski definition) is 5. The molecule has 1 fully saturated rings. The molecule has 1 atom stereocenters. The zero-order chi connectivity index (χ0) is 23.0. The van der Waals surface area contributed by atoms with Gasteiger partial charge in [0, 0.05) is 19.8 Å². The lowest BCUT2D eigenvalue weighted by molar-refractivity contribution is -0.133. The summed E-state index contributed by atoms with van der Waals surface area (Å²) >= 11 is 0. The van der Waals surface area contributed by atoms with Gasteiger partial charge < -0.3 is 10.6 Å². The average molecular weight is 445 g/mol. The van der Waals surface area contributed by atoms with Crippen LogP contribution in [0.15, 0.2) is 53.4 Å². The molecule has 2 aromatic carbocycles. The Morgan fingerprint density at radius 2 is 1.77 bits per heavy atom. The molecule has 2 N–H and O–H groups in total. The molecule has 0 spiro atoms. The van der Waals surface area contributed by atoms with Crippen LogP contribution in [0.25, 0.3) is 0 Å². The van der Waals surface area contributed by atoms with Crippen LogP contribution in [0.3, 0.4) is 0 Å². The Morgan fingerprint density at radius 1 is 1.13 bits per heavy atom. The first-order chi connectivity index (χ1) is 14.5. The van der Waals surface area contributed by atoms with Crippen molar-refractivity contribution in [3.63, 3.8) is 0 Å². The van der Waals surface area contributed by atoms with Crippen LogP contribution in [0, 0.1) is 6.92 Å². The maximum absolute atomic E-state index is 12.9. The quantitative estimate of drug-likeness (QED) is 0.658. The molecule has 4 amide bonds. The summed E-state index contributed by atoms with van der Waals surface area (Å²) in [6.07, 6.45) is 0. The topological polar surface area (TPSA) is 116 Å². The number of hydrogen-bond donors (Lipinski definition) is 2. The first kappa shape index (κ1) is 22.4. The van der Waals surface area contributed by atoms with Crippen LogP contribution in [0.5, 0.6) is 0 Å². The highest BCUT2D eigenvalue weighted by Gasteiger charge is 2.49. The van der Waals surface area contributed by atoms with Crippen molar-refractivity contribution in [2.24, 2.45) is 0 Å². The Morgan fingerprint density at radius 3 is 2.39 bits per heavy atom. The summed E-state index contributed by atoms with van der Waals surface area (Å²) in [5, 5.41) is 5.24. The highest BCUT2D eigenvalue weighted by molar-refractivity contribution is 7.89. The van der Waals surface area contributed by atoms with Gasteiger partial charge in [-0.2, -0.15) is 0 Å². The highest BCUT2D eigenvalue weighted by Crippen LogP contribution is 2.28. The third-order valence-corrected chi connectivity index (χ3v) is 7.00. The van der Waals surface area contributed by atoms with E-state index >= 15 is 0 Å². The molecule has 1 aliphatic rings. The van der Waals surface area contributed by atoms with Gasteiger partial charge in [-0.05, 0) is 37.1 Å². The SMILES string of the molecule is Cc1ccc(S(=O)(=O)N(C)C)cc1NC(=O)CN1C(=O)NC(C)(c2ccccc2)C1=O. The predicted octanol–water partition coefficient (Wildman–Crippen LogP) is 1.65. The molecule has 0 aromatic heterocycles. The molecule has 1 saturated heterocycles. The third-order valence-electron chi connectivity index (χ3n) is 5.19. The van der Waals surface area contributed by atoms with E-state index in [0.717, 1.165) is 9.21 Å². The maximum Gasteiger partial charge on any atom is 0.325 e. The Bertz CT molecular complexity index is 1150. The van der Waals surface area contributed by atoms with E-state index in [1.54, 1.807) is 50.2 Å². The summed E-state index contributed by atoms with van der Waals surface area (Å²) in [6, 6.07) is 12.5. The normalized spacial score (nSPS) is 18.9. The van der Waals surface area contributed by atoms with E-state index in [0.29, 0.717) is 11.1 Å². The van der Waals surface area contributed by atoms with Gasteiger partial charge >= 0.3 is 6.03 Å². The number of aryl methyl sites for hydroxylation is 1. The number of sulfonamides is 1. The Labute approximate surface area is 181 Å². The number of anilines is 1. The summed E-state index contributed by atoms with van der Waals surface area (Å²) < 4.78 is 25.8. The lowest BCUT2D eigenvalue weighted by Crippen LogP contribution is -2.42. The van der Waals surface area contributed by atoms with Gasteiger partial charge in [-0.1, -0.05) is 36.4 Å². The zero-order valence-electron chi connectivity index (χ0n) is 17.7. The van der Waals surface area contributed by atoms with Crippen LogP contribution in [0.4, 0.5) is 10.5 Å². The van der Waals surface area contributed by atoms with Crippen LogP contribution in [0.1, 0.15) is 18.1 Å². The Balaban J connectivity index is 1.79. The van der Waals surface area contributed by atoms with Gasteiger partial charge in [0.05, 0.1) is 4.90 Å².